The van der Waals surface area contributed by atoms with Crippen molar-refractivity contribution < 1.29 is 23.0 Å². The van der Waals surface area contributed by atoms with Crippen LogP contribution in [0.3, 0.4) is 0 Å². The van der Waals surface area contributed by atoms with Crippen molar-refractivity contribution in [2.45, 2.75) is 31.7 Å². The normalized spacial score (nSPS) is 12.5. The Kier molecular flexibility index (Phi) is 8.37. The lowest BCUT2D eigenvalue weighted by molar-refractivity contribution is 0.280. The summed E-state index contributed by atoms with van der Waals surface area (Å²) >= 11 is 0. The van der Waals surface area contributed by atoms with Crippen LogP contribution in [0.25, 0.3) is 0 Å². The molecular formula is C24H29N3O5S. The van der Waals surface area contributed by atoms with Gasteiger partial charge in [-0.1, -0.05) is 24.3 Å². The molecule has 3 aromatic rings. The van der Waals surface area contributed by atoms with E-state index in [2.05, 4.69) is 9.97 Å². The summed E-state index contributed by atoms with van der Waals surface area (Å²) in [6, 6.07) is 14.5. The number of ether oxygens (including phenoxy) is 2. The van der Waals surface area contributed by atoms with Crippen molar-refractivity contribution >= 4 is 10.0 Å². The van der Waals surface area contributed by atoms with Crippen molar-refractivity contribution in [3.8, 4) is 11.5 Å². The molecule has 3 rings (SSSR count). The fraction of sp³-hybridized carbons (Fsp3) is 0.333. The Bertz CT molecular complexity index is 1070. The standard InChI is InChI=1S/C24H29N3O5S/c1-18-13-26-21(14-25-18)12-24(17-28)33(29,30)27(15-19-4-8-22(31-2)9-5-19)16-20-6-10-23(32-3)11-7-20/h4-11,13-14,24,28H,12,15-17H2,1-3H3/t24-/m0/s1. The molecule has 9 heteroatoms. The van der Waals surface area contributed by atoms with Crippen LogP contribution in [0.5, 0.6) is 11.5 Å². The van der Waals surface area contributed by atoms with Gasteiger partial charge in [-0.3, -0.25) is 9.97 Å². The van der Waals surface area contributed by atoms with Crippen molar-refractivity contribution in [3.05, 3.63) is 83.4 Å². The number of sulfonamides is 1. The molecule has 8 nitrogen and oxygen atoms in total. The highest BCUT2D eigenvalue weighted by atomic mass is 32.2. The van der Waals surface area contributed by atoms with Crippen molar-refractivity contribution in [2.24, 2.45) is 0 Å². The third-order valence-electron chi connectivity index (χ3n) is 5.29. The minimum absolute atomic E-state index is 0.0633. The summed E-state index contributed by atoms with van der Waals surface area (Å²) in [5.74, 6) is 1.38. The average molecular weight is 472 g/mol. The minimum atomic E-state index is -3.90. The quantitative estimate of drug-likeness (QED) is 0.459. The fourth-order valence-electron chi connectivity index (χ4n) is 3.34. The van der Waals surface area contributed by atoms with Crippen LogP contribution in [0, 0.1) is 6.92 Å². The minimum Gasteiger partial charge on any atom is -0.497 e. The third kappa shape index (κ3) is 6.50. The van der Waals surface area contributed by atoms with Crippen LogP contribution in [0.4, 0.5) is 0 Å². The molecule has 0 amide bonds. The second kappa shape index (κ2) is 11.2. The smallest absolute Gasteiger partial charge is 0.220 e. The summed E-state index contributed by atoms with van der Waals surface area (Å²) in [6.45, 7) is 1.57. The second-order valence-electron chi connectivity index (χ2n) is 7.67. The highest BCUT2D eigenvalue weighted by Crippen LogP contribution is 2.22. The van der Waals surface area contributed by atoms with Crippen molar-refractivity contribution in [2.75, 3.05) is 20.8 Å². The van der Waals surface area contributed by atoms with Gasteiger partial charge in [-0.2, -0.15) is 4.31 Å². The monoisotopic (exact) mass is 471 g/mol. The van der Waals surface area contributed by atoms with Gasteiger partial charge in [0.1, 0.15) is 16.7 Å². The fourth-order valence-corrected chi connectivity index (χ4v) is 4.99. The first kappa shape index (κ1) is 24.6. The lowest BCUT2D eigenvalue weighted by atomic mass is 10.2. The molecule has 176 valence electrons. The van der Waals surface area contributed by atoms with Crippen LogP contribution in [0.2, 0.25) is 0 Å². The Morgan fingerprint density at radius 1 is 0.879 bits per heavy atom. The highest BCUT2D eigenvalue weighted by Gasteiger charge is 2.32. The molecule has 1 heterocycles. The number of hydrogen-bond donors (Lipinski definition) is 1. The van der Waals surface area contributed by atoms with Crippen LogP contribution < -0.4 is 9.47 Å². The summed E-state index contributed by atoms with van der Waals surface area (Å²) in [6.07, 6.45) is 3.20. The maximum absolute atomic E-state index is 13.7. The number of benzene rings is 2. The van der Waals surface area contributed by atoms with E-state index in [0.717, 1.165) is 16.8 Å². The summed E-state index contributed by atoms with van der Waals surface area (Å²) in [4.78, 5) is 8.45. The molecule has 0 fully saturated rings. The van der Waals surface area contributed by atoms with Gasteiger partial charge in [-0.15, -0.1) is 0 Å². The van der Waals surface area contributed by atoms with E-state index in [0.29, 0.717) is 17.2 Å². The maximum atomic E-state index is 13.7. The number of hydrogen-bond acceptors (Lipinski definition) is 7. The van der Waals surface area contributed by atoms with Gasteiger partial charge in [0.25, 0.3) is 0 Å². The Balaban J connectivity index is 1.90. The van der Waals surface area contributed by atoms with Gasteiger partial charge in [0.15, 0.2) is 0 Å². The topological polar surface area (TPSA) is 102 Å². The maximum Gasteiger partial charge on any atom is 0.220 e. The first-order valence-corrected chi connectivity index (χ1v) is 12.0. The molecule has 33 heavy (non-hydrogen) atoms. The summed E-state index contributed by atoms with van der Waals surface area (Å²) < 4.78 is 39.1. The number of aromatic nitrogens is 2. The molecule has 0 bridgehead atoms. The number of methoxy groups -OCH3 is 2. The lowest BCUT2D eigenvalue weighted by Gasteiger charge is -2.27. The van der Waals surface area contributed by atoms with Crippen molar-refractivity contribution in [1.82, 2.24) is 14.3 Å². The number of rotatable bonds is 11. The SMILES string of the molecule is COc1ccc(CN(Cc2ccc(OC)cc2)S(=O)(=O)[C@H](CO)Cc2cnc(C)cn2)cc1. The van der Waals surface area contributed by atoms with E-state index in [9.17, 15) is 13.5 Å². The number of nitrogens with zero attached hydrogens (tertiary/aromatic N) is 3. The molecular weight excluding hydrogens is 442 g/mol. The van der Waals surface area contributed by atoms with Gasteiger partial charge in [0.05, 0.1) is 32.2 Å². The van der Waals surface area contributed by atoms with E-state index in [4.69, 9.17) is 9.47 Å². The number of aliphatic hydroxyl groups is 1. The van der Waals surface area contributed by atoms with Crippen LogP contribution >= 0.6 is 0 Å². The summed E-state index contributed by atoms with van der Waals surface area (Å²) in [5, 5.41) is 8.96. The molecule has 0 unspecified atom stereocenters. The molecule has 0 aliphatic carbocycles. The molecule has 0 spiro atoms. The second-order valence-corrected chi connectivity index (χ2v) is 9.88. The molecule has 0 aliphatic rings. The van der Waals surface area contributed by atoms with E-state index >= 15 is 0 Å². The third-order valence-corrected chi connectivity index (χ3v) is 7.43. The zero-order chi connectivity index (χ0) is 23.8. The Morgan fingerprint density at radius 2 is 1.39 bits per heavy atom. The molecule has 0 aliphatic heterocycles. The average Bonchev–Trinajstić information content (AvgIpc) is 2.84. The van der Waals surface area contributed by atoms with Crippen LogP contribution in [-0.4, -0.2) is 53.9 Å². The molecule has 1 aromatic heterocycles. The van der Waals surface area contributed by atoms with Crippen molar-refractivity contribution in [1.29, 1.82) is 0 Å². The van der Waals surface area contributed by atoms with Crippen LogP contribution in [0.1, 0.15) is 22.5 Å². The van der Waals surface area contributed by atoms with Crippen LogP contribution in [-0.2, 0) is 29.5 Å². The first-order valence-electron chi connectivity index (χ1n) is 10.5. The Labute approximate surface area is 194 Å². The highest BCUT2D eigenvalue weighted by molar-refractivity contribution is 7.89. The Hall–Kier alpha value is -3.01. The van der Waals surface area contributed by atoms with E-state index in [1.54, 1.807) is 50.9 Å². The molecule has 0 saturated carbocycles. The molecule has 0 saturated heterocycles. The van der Waals surface area contributed by atoms with Gasteiger partial charge in [0.2, 0.25) is 10.0 Å². The van der Waals surface area contributed by atoms with E-state index in [1.165, 1.54) is 4.31 Å². The molecule has 2 aromatic carbocycles. The largest absolute Gasteiger partial charge is 0.497 e. The molecule has 1 atom stereocenters. The summed E-state index contributed by atoms with van der Waals surface area (Å²) in [5.41, 5.74) is 2.86. The predicted octanol–water partition coefficient (Wildman–Crippen LogP) is 2.74. The van der Waals surface area contributed by atoms with Gasteiger partial charge in [-0.05, 0) is 42.3 Å². The molecule has 0 radical (unpaired) electrons. The van der Waals surface area contributed by atoms with Gasteiger partial charge in [0, 0.05) is 31.9 Å². The number of aliphatic hydroxyl groups excluding tert-OH is 1. The van der Waals surface area contributed by atoms with Gasteiger partial charge < -0.3 is 14.6 Å². The van der Waals surface area contributed by atoms with Gasteiger partial charge in [-0.25, -0.2) is 8.42 Å². The number of aryl methyl sites for hydroxylation is 1. The predicted molar refractivity (Wildman–Crippen MR) is 126 cm³/mol. The van der Waals surface area contributed by atoms with E-state index in [1.807, 2.05) is 31.2 Å². The van der Waals surface area contributed by atoms with E-state index in [-0.39, 0.29) is 19.5 Å². The first-order chi connectivity index (χ1) is 15.8. The van der Waals surface area contributed by atoms with Gasteiger partial charge >= 0.3 is 0 Å². The zero-order valence-corrected chi connectivity index (χ0v) is 19.8. The zero-order valence-electron chi connectivity index (χ0n) is 19.0. The lowest BCUT2D eigenvalue weighted by Crippen LogP contribution is -2.41. The van der Waals surface area contributed by atoms with Crippen molar-refractivity contribution in [3.63, 3.8) is 0 Å². The van der Waals surface area contributed by atoms with E-state index < -0.39 is 21.9 Å². The summed E-state index contributed by atoms with van der Waals surface area (Å²) in [7, 11) is -0.739. The van der Waals surface area contributed by atoms with Crippen LogP contribution in [0.15, 0.2) is 60.9 Å². The molecule has 1 N–H and O–H groups in total. The Morgan fingerprint density at radius 3 is 1.79 bits per heavy atom.